The Morgan fingerprint density at radius 3 is 2.56 bits per heavy atom. The molecule has 0 aliphatic heterocycles. The van der Waals surface area contributed by atoms with Crippen molar-refractivity contribution in [2.24, 2.45) is 11.8 Å². The number of para-hydroxylation sites is 1. The van der Waals surface area contributed by atoms with Crippen molar-refractivity contribution in [3.63, 3.8) is 0 Å². The molecule has 0 N–H and O–H groups in total. The highest BCUT2D eigenvalue weighted by molar-refractivity contribution is 9.09. The van der Waals surface area contributed by atoms with Gasteiger partial charge in [-0.2, -0.15) is 0 Å². The fourth-order valence-corrected chi connectivity index (χ4v) is 2.76. The lowest BCUT2D eigenvalue weighted by Gasteiger charge is -2.21. The zero-order valence-electron chi connectivity index (χ0n) is 10.4. The summed E-state index contributed by atoms with van der Waals surface area (Å²) >= 11 is 3.62. The molecule has 0 heterocycles. The molecule has 0 bridgehead atoms. The third-order valence-electron chi connectivity index (χ3n) is 3.32. The van der Waals surface area contributed by atoms with Crippen LogP contribution in [0.25, 0.3) is 0 Å². The molecule has 0 aromatic heterocycles. The zero-order valence-corrected chi connectivity index (χ0v) is 12.0. The Bertz CT molecular complexity index is 311. The van der Waals surface area contributed by atoms with Crippen molar-refractivity contribution in [1.82, 2.24) is 0 Å². The number of hydrogen-bond acceptors (Lipinski definition) is 1. The largest absolute Gasteiger partial charge is 0.496 e. The van der Waals surface area contributed by atoms with Gasteiger partial charge in [0.25, 0.3) is 0 Å². The first-order valence-corrected chi connectivity index (χ1v) is 7.02. The Balaban J connectivity index is 2.77. The molecule has 2 unspecified atom stereocenters. The second-order valence-electron chi connectivity index (χ2n) is 4.32. The average molecular weight is 285 g/mol. The molecule has 16 heavy (non-hydrogen) atoms. The quantitative estimate of drug-likeness (QED) is 0.708. The summed E-state index contributed by atoms with van der Waals surface area (Å²) in [5.41, 5.74) is 1.31. The number of rotatable bonds is 6. The first-order valence-electron chi connectivity index (χ1n) is 5.90. The van der Waals surface area contributed by atoms with Crippen LogP contribution in [0, 0.1) is 11.8 Å². The summed E-state index contributed by atoms with van der Waals surface area (Å²) in [6.07, 6.45) is 2.32. The van der Waals surface area contributed by atoms with E-state index in [0.29, 0.717) is 5.92 Å². The van der Waals surface area contributed by atoms with Gasteiger partial charge in [-0.05, 0) is 29.9 Å². The highest BCUT2D eigenvalue weighted by Crippen LogP contribution is 2.26. The molecule has 90 valence electrons. The molecule has 0 saturated heterocycles. The molecule has 0 aliphatic carbocycles. The second kappa shape index (κ2) is 6.95. The molecule has 2 atom stereocenters. The molecule has 1 aromatic rings. The van der Waals surface area contributed by atoms with Crippen molar-refractivity contribution in [3.05, 3.63) is 29.8 Å². The number of alkyl halides is 1. The molecular formula is C14H21BrO. The maximum absolute atomic E-state index is 5.39. The van der Waals surface area contributed by atoms with Gasteiger partial charge in [0.05, 0.1) is 7.11 Å². The highest BCUT2D eigenvalue weighted by atomic mass is 79.9. The lowest BCUT2D eigenvalue weighted by atomic mass is 9.88. The SMILES string of the molecule is CCC(C)C(CBr)Cc1ccccc1OC. The van der Waals surface area contributed by atoms with Gasteiger partial charge >= 0.3 is 0 Å². The monoisotopic (exact) mass is 284 g/mol. The van der Waals surface area contributed by atoms with Crippen LogP contribution in [0.1, 0.15) is 25.8 Å². The van der Waals surface area contributed by atoms with E-state index in [1.807, 2.05) is 12.1 Å². The standard InChI is InChI=1S/C14H21BrO/c1-4-11(2)13(10-15)9-12-7-5-6-8-14(12)16-3/h5-8,11,13H,4,9-10H2,1-3H3. The molecule has 0 fully saturated rings. The minimum Gasteiger partial charge on any atom is -0.496 e. The maximum atomic E-state index is 5.39. The number of hydrogen-bond donors (Lipinski definition) is 0. The average Bonchev–Trinajstić information content (AvgIpc) is 2.35. The normalized spacial score (nSPS) is 14.5. The van der Waals surface area contributed by atoms with Crippen LogP contribution < -0.4 is 4.74 Å². The van der Waals surface area contributed by atoms with E-state index >= 15 is 0 Å². The first kappa shape index (κ1) is 13.6. The fourth-order valence-electron chi connectivity index (χ4n) is 1.90. The lowest BCUT2D eigenvalue weighted by molar-refractivity contribution is 0.368. The molecule has 0 spiro atoms. The minimum atomic E-state index is 0.682. The number of benzene rings is 1. The Kier molecular flexibility index (Phi) is 5.89. The van der Waals surface area contributed by atoms with E-state index in [-0.39, 0.29) is 0 Å². The smallest absolute Gasteiger partial charge is 0.122 e. The molecule has 0 radical (unpaired) electrons. The van der Waals surface area contributed by atoms with Crippen LogP contribution in [0.2, 0.25) is 0 Å². The Morgan fingerprint density at radius 1 is 1.31 bits per heavy atom. The van der Waals surface area contributed by atoms with Gasteiger partial charge in [-0.1, -0.05) is 54.4 Å². The zero-order chi connectivity index (χ0) is 12.0. The third-order valence-corrected chi connectivity index (χ3v) is 4.15. The van der Waals surface area contributed by atoms with Crippen molar-refractivity contribution >= 4 is 15.9 Å². The van der Waals surface area contributed by atoms with Crippen molar-refractivity contribution in [3.8, 4) is 5.75 Å². The Hall–Kier alpha value is -0.500. The summed E-state index contributed by atoms with van der Waals surface area (Å²) in [6.45, 7) is 4.57. The van der Waals surface area contributed by atoms with Gasteiger partial charge in [0.2, 0.25) is 0 Å². The van der Waals surface area contributed by atoms with E-state index in [2.05, 4.69) is 41.9 Å². The summed E-state index contributed by atoms with van der Waals surface area (Å²) in [4.78, 5) is 0. The summed E-state index contributed by atoms with van der Waals surface area (Å²) in [7, 11) is 1.74. The van der Waals surface area contributed by atoms with Gasteiger partial charge in [-0.3, -0.25) is 0 Å². The summed E-state index contributed by atoms with van der Waals surface area (Å²) in [6, 6.07) is 8.31. The Labute approximate surface area is 107 Å². The van der Waals surface area contributed by atoms with E-state index < -0.39 is 0 Å². The van der Waals surface area contributed by atoms with E-state index in [1.165, 1.54) is 12.0 Å². The van der Waals surface area contributed by atoms with E-state index in [9.17, 15) is 0 Å². The molecule has 2 heteroatoms. The van der Waals surface area contributed by atoms with Gasteiger partial charge in [-0.15, -0.1) is 0 Å². The molecule has 0 amide bonds. The van der Waals surface area contributed by atoms with Crippen LogP contribution in [0.15, 0.2) is 24.3 Å². The lowest BCUT2D eigenvalue weighted by Crippen LogP contribution is -2.15. The maximum Gasteiger partial charge on any atom is 0.122 e. The van der Waals surface area contributed by atoms with Crippen molar-refractivity contribution in [1.29, 1.82) is 0 Å². The van der Waals surface area contributed by atoms with E-state index in [1.54, 1.807) is 7.11 Å². The molecule has 0 aliphatic rings. The van der Waals surface area contributed by atoms with Crippen LogP contribution >= 0.6 is 15.9 Å². The van der Waals surface area contributed by atoms with Crippen molar-refractivity contribution in [2.45, 2.75) is 26.7 Å². The van der Waals surface area contributed by atoms with Crippen LogP contribution in [0.4, 0.5) is 0 Å². The van der Waals surface area contributed by atoms with Crippen molar-refractivity contribution in [2.75, 3.05) is 12.4 Å². The predicted octanol–water partition coefficient (Wildman–Crippen LogP) is 4.29. The fraction of sp³-hybridized carbons (Fsp3) is 0.571. The summed E-state index contributed by atoms with van der Waals surface area (Å²) < 4.78 is 5.39. The predicted molar refractivity (Wildman–Crippen MR) is 73.4 cm³/mol. The van der Waals surface area contributed by atoms with Gasteiger partial charge in [0.1, 0.15) is 5.75 Å². The first-order chi connectivity index (χ1) is 7.72. The van der Waals surface area contributed by atoms with Crippen LogP contribution in [0.5, 0.6) is 5.75 Å². The van der Waals surface area contributed by atoms with Crippen molar-refractivity contribution < 1.29 is 4.74 Å². The molecular weight excluding hydrogens is 264 g/mol. The molecule has 1 rings (SSSR count). The number of halogens is 1. The number of methoxy groups -OCH3 is 1. The minimum absolute atomic E-state index is 0.682. The van der Waals surface area contributed by atoms with E-state index in [4.69, 9.17) is 4.74 Å². The molecule has 0 saturated carbocycles. The molecule has 1 aromatic carbocycles. The van der Waals surface area contributed by atoms with Gasteiger partial charge in [-0.25, -0.2) is 0 Å². The third kappa shape index (κ3) is 3.51. The highest BCUT2D eigenvalue weighted by Gasteiger charge is 2.16. The Morgan fingerprint density at radius 2 is 2.00 bits per heavy atom. The summed E-state index contributed by atoms with van der Waals surface area (Å²) in [5.74, 6) is 2.43. The van der Waals surface area contributed by atoms with Gasteiger partial charge in [0, 0.05) is 5.33 Å². The van der Waals surface area contributed by atoms with Crippen LogP contribution in [-0.4, -0.2) is 12.4 Å². The topological polar surface area (TPSA) is 9.23 Å². The molecule has 1 nitrogen and oxygen atoms in total. The number of ether oxygens (including phenoxy) is 1. The van der Waals surface area contributed by atoms with Crippen LogP contribution in [-0.2, 0) is 6.42 Å². The van der Waals surface area contributed by atoms with Gasteiger partial charge in [0.15, 0.2) is 0 Å². The van der Waals surface area contributed by atoms with Gasteiger partial charge < -0.3 is 4.74 Å². The second-order valence-corrected chi connectivity index (χ2v) is 4.96. The van der Waals surface area contributed by atoms with E-state index in [0.717, 1.165) is 23.4 Å². The summed E-state index contributed by atoms with van der Waals surface area (Å²) in [5, 5.41) is 1.06. The van der Waals surface area contributed by atoms with Crippen LogP contribution in [0.3, 0.4) is 0 Å².